The highest BCUT2D eigenvalue weighted by atomic mass is 16.4. The molecule has 4 heterocycles. The SMILES string of the molecule is Cc1nc2c(C(N)=O)cccn2c1-c1nc2c(c(NCc3cccc(B(O)O)c3)n1)CN(C)CC2. The van der Waals surface area contributed by atoms with Crippen LogP contribution in [0.3, 0.4) is 0 Å². The molecule has 0 bridgehead atoms. The molecule has 0 saturated carbocycles. The number of pyridine rings is 1. The van der Waals surface area contributed by atoms with Crippen molar-refractivity contribution >= 4 is 30.0 Å². The van der Waals surface area contributed by atoms with Gasteiger partial charge in [0.25, 0.3) is 5.91 Å². The van der Waals surface area contributed by atoms with Crippen molar-refractivity contribution in [3.63, 3.8) is 0 Å². The third kappa shape index (κ3) is 4.36. The number of primary amides is 1. The van der Waals surface area contributed by atoms with E-state index in [0.29, 0.717) is 52.8 Å². The summed E-state index contributed by atoms with van der Waals surface area (Å²) in [5.41, 5.74) is 11.1. The number of benzene rings is 1. The summed E-state index contributed by atoms with van der Waals surface area (Å²) in [6, 6.07) is 10.5. The molecule has 1 aliphatic rings. The first-order valence-corrected chi connectivity index (χ1v) is 11.4. The molecule has 1 aliphatic heterocycles. The van der Waals surface area contributed by atoms with Crippen LogP contribution < -0.4 is 16.5 Å². The number of hydrogen-bond acceptors (Lipinski definition) is 8. The molecule has 35 heavy (non-hydrogen) atoms. The number of carbonyl (C=O) groups excluding carboxylic acids is 1. The van der Waals surface area contributed by atoms with Crippen LogP contribution in [0.2, 0.25) is 0 Å². The monoisotopic (exact) mass is 471 g/mol. The fourth-order valence-electron chi connectivity index (χ4n) is 4.49. The molecular formula is C24H26BN7O3. The summed E-state index contributed by atoms with van der Waals surface area (Å²) in [6.45, 7) is 3.91. The summed E-state index contributed by atoms with van der Waals surface area (Å²) in [6.07, 6.45) is 2.61. The van der Waals surface area contributed by atoms with Crippen molar-refractivity contribution in [2.45, 2.75) is 26.4 Å². The molecule has 1 aromatic carbocycles. The Balaban J connectivity index is 1.59. The Labute approximate surface area is 202 Å². The Bertz CT molecular complexity index is 1440. The molecule has 0 fully saturated rings. The topological polar surface area (TPSA) is 142 Å². The first-order valence-electron chi connectivity index (χ1n) is 11.4. The average molecular weight is 471 g/mol. The smallest absolute Gasteiger partial charge is 0.423 e. The van der Waals surface area contributed by atoms with Crippen molar-refractivity contribution in [3.8, 4) is 11.5 Å². The van der Waals surface area contributed by atoms with Crippen LogP contribution in [-0.2, 0) is 19.5 Å². The fraction of sp³-hybridized carbons (Fsp3) is 0.250. The minimum Gasteiger partial charge on any atom is -0.423 e. The Morgan fingerprint density at radius 1 is 1.20 bits per heavy atom. The van der Waals surface area contributed by atoms with Gasteiger partial charge in [-0.1, -0.05) is 24.3 Å². The number of nitrogens with one attached hydrogen (secondary N) is 1. The first-order chi connectivity index (χ1) is 16.8. The number of imidazole rings is 1. The van der Waals surface area contributed by atoms with E-state index < -0.39 is 13.0 Å². The zero-order valence-electron chi connectivity index (χ0n) is 19.6. The highest BCUT2D eigenvalue weighted by Crippen LogP contribution is 2.30. The second-order valence-electron chi connectivity index (χ2n) is 8.81. The fourth-order valence-corrected chi connectivity index (χ4v) is 4.49. The maximum Gasteiger partial charge on any atom is 0.488 e. The third-order valence-corrected chi connectivity index (χ3v) is 6.26. The van der Waals surface area contributed by atoms with Crippen LogP contribution in [0.5, 0.6) is 0 Å². The molecule has 5 rings (SSSR count). The number of rotatable bonds is 6. The molecule has 1 amide bonds. The van der Waals surface area contributed by atoms with E-state index in [2.05, 4.69) is 22.2 Å². The number of aryl methyl sites for hydroxylation is 1. The van der Waals surface area contributed by atoms with E-state index in [9.17, 15) is 14.8 Å². The van der Waals surface area contributed by atoms with Gasteiger partial charge in [-0.3, -0.25) is 9.20 Å². The second kappa shape index (κ2) is 9.10. The summed E-state index contributed by atoms with van der Waals surface area (Å²) in [4.78, 5) is 28.5. The van der Waals surface area contributed by atoms with Crippen LogP contribution >= 0.6 is 0 Å². The van der Waals surface area contributed by atoms with Crippen molar-refractivity contribution in [3.05, 3.63) is 70.7 Å². The molecule has 0 saturated heterocycles. The number of hydrogen-bond donors (Lipinski definition) is 4. The predicted octanol–water partition coefficient (Wildman–Crippen LogP) is 0.478. The maximum atomic E-state index is 11.9. The zero-order valence-corrected chi connectivity index (χ0v) is 19.6. The Kier molecular flexibility index (Phi) is 5.97. The van der Waals surface area contributed by atoms with Gasteiger partial charge in [0.2, 0.25) is 0 Å². The van der Waals surface area contributed by atoms with Crippen molar-refractivity contribution < 1.29 is 14.8 Å². The molecule has 11 heteroatoms. The lowest BCUT2D eigenvalue weighted by Gasteiger charge is -2.26. The first kappa shape index (κ1) is 23.0. The molecule has 4 aromatic rings. The Morgan fingerprint density at radius 2 is 2.03 bits per heavy atom. The quantitative estimate of drug-likeness (QED) is 0.298. The number of fused-ring (bicyclic) bond motifs is 2. The molecule has 0 radical (unpaired) electrons. The van der Waals surface area contributed by atoms with Gasteiger partial charge in [-0.15, -0.1) is 0 Å². The minimum absolute atomic E-state index is 0.339. The summed E-state index contributed by atoms with van der Waals surface area (Å²) in [7, 11) is 0.539. The van der Waals surface area contributed by atoms with E-state index in [0.717, 1.165) is 29.8 Å². The van der Waals surface area contributed by atoms with E-state index in [1.54, 1.807) is 30.3 Å². The van der Waals surface area contributed by atoms with Crippen LogP contribution in [0.25, 0.3) is 17.2 Å². The van der Waals surface area contributed by atoms with Crippen LogP contribution in [0.1, 0.15) is 32.9 Å². The van der Waals surface area contributed by atoms with Gasteiger partial charge in [-0.05, 0) is 37.1 Å². The number of nitrogens with zero attached hydrogens (tertiary/aromatic N) is 5. The minimum atomic E-state index is -1.52. The lowest BCUT2D eigenvalue weighted by molar-refractivity contribution is 0.100. The van der Waals surface area contributed by atoms with E-state index in [1.807, 2.05) is 23.6 Å². The summed E-state index contributed by atoms with van der Waals surface area (Å²) < 4.78 is 1.81. The lowest BCUT2D eigenvalue weighted by atomic mass is 9.79. The largest absolute Gasteiger partial charge is 0.488 e. The molecule has 10 nitrogen and oxygen atoms in total. The predicted molar refractivity (Wildman–Crippen MR) is 133 cm³/mol. The van der Waals surface area contributed by atoms with E-state index >= 15 is 0 Å². The average Bonchev–Trinajstić information content (AvgIpc) is 3.18. The number of carbonyl (C=O) groups is 1. The van der Waals surface area contributed by atoms with Crippen molar-refractivity contribution in [2.24, 2.45) is 5.73 Å². The number of likely N-dealkylation sites (N-methyl/N-ethyl adjacent to an activating group) is 1. The normalized spacial score (nSPS) is 13.6. The number of aromatic nitrogens is 4. The molecule has 0 atom stereocenters. The number of anilines is 1. The van der Waals surface area contributed by atoms with Gasteiger partial charge >= 0.3 is 7.12 Å². The van der Waals surface area contributed by atoms with Crippen molar-refractivity contribution in [1.82, 2.24) is 24.3 Å². The van der Waals surface area contributed by atoms with Crippen LogP contribution in [0.4, 0.5) is 5.82 Å². The van der Waals surface area contributed by atoms with Gasteiger partial charge in [-0.2, -0.15) is 0 Å². The van der Waals surface area contributed by atoms with Gasteiger partial charge in [0.1, 0.15) is 17.2 Å². The van der Waals surface area contributed by atoms with Crippen LogP contribution in [0.15, 0.2) is 42.6 Å². The van der Waals surface area contributed by atoms with Crippen molar-refractivity contribution in [2.75, 3.05) is 18.9 Å². The molecule has 5 N–H and O–H groups in total. The highest BCUT2D eigenvalue weighted by Gasteiger charge is 2.24. The Hall–Kier alpha value is -3.80. The van der Waals surface area contributed by atoms with E-state index in [1.165, 1.54) is 0 Å². The Morgan fingerprint density at radius 3 is 2.80 bits per heavy atom. The van der Waals surface area contributed by atoms with Gasteiger partial charge < -0.3 is 26.0 Å². The summed E-state index contributed by atoms with van der Waals surface area (Å²) in [5.74, 6) is 0.688. The lowest BCUT2D eigenvalue weighted by Crippen LogP contribution is -2.30. The van der Waals surface area contributed by atoms with Crippen LogP contribution in [-0.4, -0.2) is 60.9 Å². The molecule has 0 aliphatic carbocycles. The molecule has 178 valence electrons. The highest BCUT2D eigenvalue weighted by molar-refractivity contribution is 6.58. The van der Waals surface area contributed by atoms with Gasteiger partial charge in [-0.25, -0.2) is 15.0 Å². The molecule has 0 unspecified atom stereocenters. The molecule has 3 aromatic heterocycles. The standard InChI is InChI=1S/C24H26BN7O3/c1-14-20(32-9-4-7-17(21(26)33)24(32)28-14)23-29-19-8-10-31(2)13-18(19)22(30-23)27-12-15-5-3-6-16(11-15)25(34)35/h3-7,9,11,34-35H,8,10,12-13H2,1-2H3,(H2,26,33)(H,27,29,30). The summed E-state index contributed by atoms with van der Waals surface area (Å²) in [5, 5.41) is 22.4. The van der Waals surface area contributed by atoms with E-state index in [-0.39, 0.29) is 0 Å². The van der Waals surface area contributed by atoms with Crippen molar-refractivity contribution in [1.29, 1.82) is 0 Å². The van der Waals surface area contributed by atoms with E-state index in [4.69, 9.17) is 15.7 Å². The summed E-state index contributed by atoms with van der Waals surface area (Å²) >= 11 is 0. The van der Waals surface area contributed by atoms with Crippen LogP contribution in [0, 0.1) is 6.92 Å². The van der Waals surface area contributed by atoms with Gasteiger partial charge in [0.15, 0.2) is 5.82 Å². The second-order valence-corrected chi connectivity index (χ2v) is 8.81. The number of nitrogens with two attached hydrogens (primary N) is 1. The maximum absolute atomic E-state index is 11.9. The van der Waals surface area contributed by atoms with Gasteiger partial charge in [0, 0.05) is 37.8 Å². The molecule has 0 spiro atoms. The van der Waals surface area contributed by atoms with Gasteiger partial charge in [0.05, 0.1) is 17.0 Å². The molecular weight excluding hydrogens is 445 g/mol. The zero-order chi connectivity index (χ0) is 24.7. The third-order valence-electron chi connectivity index (χ3n) is 6.26. The number of amides is 1.